The number of nitrogens with zero attached hydrogens (tertiary/aromatic N) is 2. The van der Waals surface area contributed by atoms with Gasteiger partial charge >= 0.3 is 0 Å². The van der Waals surface area contributed by atoms with Gasteiger partial charge in [-0.1, -0.05) is 12.1 Å². The molecule has 1 unspecified atom stereocenters. The zero-order valence-corrected chi connectivity index (χ0v) is 20.7. The van der Waals surface area contributed by atoms with Gasteiger partial charge in [0.25, 0.3) is 11.8 Å². The first-order valence-electron chi connectivity index (χ1n) is 11.4. The number of nitrogens with two attached hydrogens (primary N) is 1. The molecule has 0 spiro atoms. The summed E-state index contributed by atoms with van der Waals surface area (Å²) in [5.41, 5.74) is 11.2. The lowest BCUT2D eigenvalue weighted by Crippen LogP contribution is -2.15. The van der Waals surface area contributed by atoms with E-state index in [4.69, 9.17) is 10.5 Å². The van der Waals surface area contributed by atoms with E-state index in [1.807, 2.05) is 30.3 Å². The molecule has 36 heavy (non-hydrogen) atoms. The van der Waals surface area contributed by atoms with Crippen LogP contribution in [0, 0.1) is 0 Å². The molecular formula is C27H25N4O4S+. The van der Waals surface area contributed by atoms with Crippen molar-refractivity contribution in [1.29, 1.82) is 0 Å². The van der Waals surface area contributed by atoms with Gasteiger partial charge in [0.2, 0.25) is 0 Å². The molecule has 2 amide bonds. The van der Waals surface area contributed by atoms with Crippen molar-refractivity contribution in [1.82, 2.24) is 9.78 Å². The number of carbonyl (C=O) groups excluding carboxylic acids is 2. The molecule has 4 aromatic rings. The van der Waals surface area contributed by atoms with Crippen molar-refractivity contribution in [3.8, 4) is 22.7 Å². The minimum Gasteiger partial charge on any atom is -0.497 e. The van der Waals surface area contributed by atoms with Crippen LogP contribution in [0.4, 0.5) is 5.69 Å². The van der Waals surface area contributed by atoms with Crippen molar-refractivity contribution in [2.45, 2.75) is 17.7 Å². The first-order valence-corrected chi connectivity index (χ1v) is 13.1. The van der Waals surface area contributed by atoms with Gasteiger partial charge in [0, 0.05) is 22.4 Å². The maximum absolute atomic E-state index is 12.9. The van der Waals surface area contributed by atoms with Crippen LogP contribution in [0.3, 0.4) is 0 Å². The number of rotatable bonds is 6. The summed E-state index contributed by atoms with van der Waals surface area (Å²) in [7, 11) is 0.0818. The topological polar surface area (TPSA) is 116 Å². The lowest BCUT2D eigenvalue weighted by Gasteiger charge is -2.20. The summed E-state index contributed by atoms with van der Waals surface area (Å²) < 4.78 is 18.8. The molecule has 1 aliphatic carbocycles. The second-order valence-corrected chi connectivity index (χ2v) is 10.0. The standard InChI is InChI=1S/C27H24N4O4S/c1-35-20-5-3-4-17(14-20)27(33)29-18-8-6-16-7-13-22-24(26(28)32)30-31(25(22)23(16)15-18)19-9-11-21(12-10-19)36(2)34/h3-6,8-12,14-15H,7,13H2,1-2H3,(H2,28,32)(H,29,33)/p+1. The van der Waals surface area contributed by atoms with Crippen LogP contribution in [-0.4, -0.2) is 35.0 Å². The van der Waals surface area contributed by atoms with E-state index in [0.717, 1.165) is 33.0 Å². The van der Waals surface area contributed by atoms with Crippen LogP contribution < -0.4 is 15.8 Å². The molecule has 3 aromatic carbocycles. The quantitative estimate of drug-likeness (QED) is 0.309. The predicted octanol–water partition coefficient (Wildman–Crippen LogP) is 3.68. The number of ether oxygens (including phenoxy) is 1. The van der Waals surface area contributed by atoms with E-state index in [2.05, 4.69) is 10.4 Å². The first kappa shape index (κ1) is 23.5. The Morgan fingerprint density at radius 1 is 1.06 bits per heavy atom. The van der Waals surface area contributed by atoms with Crippen LogP contribution in [0.2, 0.25) is 0 Å². The van der Waals surface area contributed by atoms with Crippen LogP contribution in [0.1, 0.15) is 32.0 Å². The van der Waals surface area contributed by atoms with E-state index in [1.54, 1.807) is 54.4 Å². The van der Waals surface area contributed by atoms with Crippen LogP contribution in [0.15, 0.2) is 71.6 Å². The highest BCUT2D eigenvalue weighted by Gasteiger charge is 2.28. The average Bonchev–Trinajstić information content (AvgIpc) is 3.29. The van der Waals surface area contributed by atoms with Crippen LogP contribution >= 0.6 is 0 Å². The minimum absolute atomic E-state index is 0.229. The zero-order chi connectivity index (χ0) is 25.4. The normalized spacial score (nSPS) is 12.8. The Bertz CT molecular complexity index is 1530. The molecular weight excluding hydrogens is 476 g/mol. The third kappa shape index (κ3) is 4.29. The van der Waals surface area contributed by atoms with Crippen molar-refractivity contribution in [2.24, 2.45) is 5.73 Å². The second kappa shape index (κ2) is 9.43. The number of aromatic nitrogens is 2. The molecule has 0 bridgehead atoms. The van der Waals surface area contributed by atoms with E-state index >= 15 is 0 Å². The number of anilines is 1. The smallest absolute Gasteiger partial charge is 0.269 e. The summed E-state index contributed by atoms with van der Waals surface area (Å²) in [5, 5.41) is 7.51. The zero-order valence-electron chi connectivity index (χ0n) is 19.8. The number of primary amides is 1. The largest absolute Gasteiger partial charge is 0.497 e. The Hall–Kier alpha value is -4.24. The molecule has 0 aliphatic heterocycles. The Balaban J connectivity index is 1.57. The van der Waals surface area contributed by atoms with Gasteiger partial charge in [-0.15, -0.1) is 4.21 Å². The van der Waals surface area contributed by atoms with Crippen molar-refractivity contribution in [3.63, 3.8) is 0 Å². The summed E-state index contributed by atoms with van der Waals surface area (Å²) in [6, 6.07) is 19.9. The second-order valence-electron chi connectivity index (χ2n) is 8.52. The molecule has 3 N–H and O–H groups in total. The number of fused-ring (bicyclic) bond motifs is 3. The van der Waals surface area contributed by atoms with E-state index in [1.165, 1.54) is 0 Å². The van der Waals surface area contributed by atoms with Gasteiger partial charge in [-0.25, -0.2) is 4.68 Å². The minimum atomic E-state index is -1.47. The fourth-order valence-electron chi connectivity index (χ4n) is 4.47. The van der Waals surface area contributed by atoms with Gasteiger partial charge in [-0.3, -0.25) is 9.59 Å². The average molecular weight is 502 g/mol. The van der Waals surface area contributed by atoms with Crippen LogP contribution in [-0.2, 0) is 27.9 Å². The lowest BCUT2D eigenvalue weighted by molar-refractivity contribution is 0.0992. The van der Waals surface area contributed by atoms with Gasteiger partial charge in [-0.2, -0.15) is 5.10 Å². The van der Waals surface area contributed by atoms with Gasteiger partial charge in [-0.05, 0) is 73.0 Å². The molecule has 1 heterocycles. The third-order valence-electron chi connectivity index (χ3n) is 6.27. The molecule has 0 radical (unpaired) electrons. The molecule has 0 fully saturated rings. The van der Waals surface area contributed by atoms with Crippen molar-refractivity contribution < 1.29 is 18.5 Å². The van der Waals surface area contributed by atoms with E-state index in [9.17, 15) is 13.8 Å². The van der Waals surface area contributed by atoms with E-state index < -0.39 is 16.7 Å². The molecule has 5 rings (SSSR count). The van der Waals surface area contributed by atoms with Gasteiger partial charge in [0.1, 0.15) is 22.8 Å². The lowest BCUT2D eigenvalue weighted by atomic mass is 9.88. The van der Waals surface area contributed by atoms with E-state index in [0.29, 0.717) is 29.8 Å². The SMILES string of the molecule is COc1cccc(C(=O)Nc2ccc3c(c2)-c2c(c(C(N)=O)nn2-c2ccc([SH+](C)=O)cc2)CC3)c1. The number of methoxy groups -OCH3 is 1. The summed E-state index contributed by atoms with van der Waals surface area (Å²) in [6.07, 6.45) is 2.99. The summed E-state index contributed by atoms with van der Waals surface area (Å²) in [5.74, 6) is -0.260. The first-order chi connectivity index (χ1) is 17.4. The van der Waals surface area contributed by atoms with E-state index in [-0.39, 0.29) is 11.6 Å². The number of carbonyl (C=O) groups is 2. The van der Waals surface area contributed by atoms with Gasteiger partial charge in [0.05, 0.1) is 18.5 Å². The Morgan fingerprint density at radius 2 is 1.83 bits per heavy atom. The van der Waals surface area contributed by atoms with Gasteiger partial charge in [0.15, 0.2) is 10.6 Å². The number of aryl methyl sites for hydroxylation is 1. The number of nitrogens with one attached hydrogen (secondary N) is 1. The summed E-state index contributed by atoms with van der Waals surface area (Å²) in [6.45, 7) is 0. The highest BCUT2D eigenvalue weighted by atomic mass is 32.2. The number of amides is 2. The van der Waals surface area contributed by atoms with Gasteiger partial charge < -0.3 is 15.8 Å². The third-order valence-corrected chi connectivity index (χ3v) is 7.30. The highest BCUT2D eigenvalue weighted by molar-refractivity contribution is 7.84. The molecule has 9 heteroatoms. The predicted molar refractivity (Wildman–Crippen MR) is 140 cm³/mol. The van der Waals surface area contributed by atoms with Crippen molar-refractivity contribution in [2.75, 3.05) is 18.7 Å². The summed E-state index contributed by atoms with van der Waals surface area (Å²) in [4.78, 5) is 25.9. The van der Waals surface area contributed by atoms with Crippen LogP contribution in [0.25, 0.3) is 16.9 Å². The molecule has 1 aliphatic rings. The fraction of sp³-hybridized carbons (Fsp3) is 0.148. The number of hydrogen-bond donors (Lipinski definition) is 2. The van der Waals surface area contributed by atoms with Crippen molar-refractivity contribution in [3.05, 3.63) is 89.1 Å². The maximum Gasteiger partial charge on any atom is 0.269 e. The number of benzene rings is 3. The highest BCUT2D eigenvalue weighted by Crippen LogP contribution is 2.38. The Morgan fingerprint density at radius 3 is 2.53 bits per heavy atom. The molecule has 1 aromatic heterocycles. The number of thiol groups is 1. The fourth-order valence-corrected chi connectivity index (χ4v) is 5.04. The molecule has 8 nitrogen and oxygen atoms in total. The monoisotopic (exact) mass is 501 g/mol. The van der Waals surface area contributed by atoms with Crippen molar-refractivity contribution >= 4 is 28.3 Å². The Kier molecular flexibility index (Phi) is 6.15. The number of hydrogen-bond acceptors (Lipinski definition) is 5. The van der Waals surface area contributed by atoms with Crippen LogP contribution in [0.5, 0.6) is 5.75 Å². The Labute approximate surface area is 210 Å². The summed E-state index contributed by atoms with van der Waals surface area (Å²) >= 11 is 0. The molecule has 182 valence electrons. The maximum atomic E-state index is 12.9. The molecule has 1 atom stereocenters. The molecule has 0 saturated carbocycles. The molecule has 0 saturated heterocycles.